The van der Waals surface area contributed by atoms with Crippen LogP contribution >= 0.6 is 11.6 Å². The van der Waals surface area contributed by atoms with Crippen LogP contribution in [0.4, 0.5) is 5.82 Å². The van der Waals surface area contributed by atoms with Crippen molar-refractivity contribution in [2.45, 2.75) is 31.7 Å². The minimum atomic E-state index is -1.10. The Balaban J connectivity index is 2.22. The standard InChI is InChI=1S/C11H13ClN2O2/c1-11(5-2-6-11)14-8-4-3-7(12)9(13-8)10(15)16/h3-4H,2,5-6H2,1H3,(H,13,14)(H,15,16). The van der Waals surface area contributed by atoms with Crippen LogP contribution in [-0.2, 0) is 0 Å². The molecule has 1 saturated carbocycles. The Labute approximate surface area is 98.6 Å². The Morgan fingerprint density at radius 3 is 2.75 bits per heavy atom. The highest BCUT2D eigenvalue weighted by Crippen LogP contribution is 2.34. The molecular weight excluding hydrogens is 228 g/mol. The van der Waals surface area contributed by atoms with Crippen LogP contribution in [0.25, 0.3) is 0 Å². The highest BCUT2D eigenvalue weighted by molar-refractivity contribution is 6.33. The van der Waals surface area contributed by atoms with Crippen molar-refractivity contribution in [2.24, 2.45) is 0 Å². The lowest BCUT2D eigenvalue weighted by Crippen LogP contribution is -2.41. The number of aromatic nitrogens is 1. The summed E-state index contributed by atoms with van der Waals surface area (Å²) in [6.45, 7) is 2.10. The molecule has 1 aromatic rings. The molecule has 1 fully saturated rings. The van der Waals surface area contributed by atoms with E-state index in [1.165, 1.54) is 6.42 Å². The molecule has 1 heterocycles. The van der Waals surface area contributed by atoms with E-state index in [-0.39, 0.29) is 16.3 Å². The third-order valence-electron chi connectivity index (χ3n) is 2.94. The van der Waals surface area contributed by atoms with Crippen LogP contribution in [0.2, 0.25) is 5.02 Å². The summed E-state index contributed by atoms with van der Waals surface area (Å²) in [5.74, 6) is -0.531. The van der Waals surface area contributed by atoms with Gasteiger partial charge in [-0.15, -0.1) is 0 Å². The lowest BCUT2D eigenvalue weighted by atomic mass is 9.78. The lowest BCUT2D eigenvalue weighted by Gasteiger charge is -2.39. The first-order chi connectivity index (χ1) is 7.50. The van der Waals surface area contributed by atoms with E-state index in [1.54, 1.807) is 12.1 Å². The number of pyridine rings is 1. The van der Waals surface area contributed by atoms with Gasteiger partial charge in [0.1, 0.15) is 5.82 Å². The highest BCUT2D eigenvalue weighted by atomic mass is 35.5. The fourth-order valence-corrected chi connectivity index (χ4v) is 1.99. The average molecular weight is 241 g/mol. The second-order valence-corrected chi connectivity index (χ2v) is 4.78. The third-order valence-corrected chi connectivity index (χ3v) is 3.24. The third kappa shape index (κ3) is 2.11. The average Bonchev–Trinajstić information content (AvgIpc) is 2.18. The lowest BCUT2D eigenvalue weighted by molar-refractivity contribution is 0.0691. The van der Waals surface area contributed by atoms with Crippen molar-refractivity contribution < 1.29 is 9.90 Å². The molecule has 2 N–H and O–H groups in total. The van der Waals surface area contributed by atoms with Crippen LogP contribution in [-0.4, -0.2) is 21.6 Å². The summed E-state index contributed by atoms with van der Waals surface area (Å²) in [6.07, 6.45) is 3.36. The van der Waals surface area contributed by atoms with E-state index in [0.29, 0.717) is 5.82 Å². The van der Waals surface area contributed by atoms with Crippen molar-refractivity contribution in [2.75, 3.05) is 5.32 Å². The molecule has 4 nitrogen and oxygen atoms in total. The normalized spacial score (nSPS) is 17.6. The van der Waals surface area contributed by atoms with Crippen molar-refractivity contribution in [3.63, 3.8) is 0 Å². The van der Waals surface area contributed by atoms with Crippen LogP contribution in [0.15, 0.2) is 12.1 Å². The van der Waals surface area contributed by atoms with Crippen molar-refractivity contribution in [1.82, 2.24) is 4.98 Å². The van der Waals surface area contributed by atoms with Crippen molar-refractivity contribution in [3.8, 4) is 0 Å². The van der Waals surface area contributed by atoms with Gasteiger partial charge in [0.15, 0.2) is 5.69 Å². The summed E-state index contributed by atoms with van der Waals surface area (Å²) < 4.78 is 0. The number of anilines is 1. The van der Waals surface area contributed by atoms with E-state index in [9.17, 15) is 4.79 Å². The molecule has 0 aliphatic heterocycles. The van der Waals surface area contributed by atoms with Crippen molar-refractivity contribution in [1.29, 1.82) is 0 Å². The summed E-state index contributed by atoms with van der Waals surface area (Å²) in [5.41, 5.74) is -0.0500. The van der Waals surface area contributed by atoms with Gasteiger partial charge in [-0.1, -0.05) is 11.6 Å². The molecule has 1 aliphatic carbocycles. The molecule has 0 amide bonds. The number of carboxylic acid groups (broad SMARTS) is 1. The molecule has 0 saturated heterocycles. The summed E-state index contributed by atoms with van der Waals surface area (Å²) >= 11 is 5.74. The van der Waals surface area contributed by atoms with Gasteiger partial charge in [-0.2, -0.15) is 0 Å². The summed E-state index contributed by atoms with van der Waals surface area (Å²) in [4.78, 5) is 14.8. The van der Waals surface area contributed by atoms with E-state index in [2.05, 4.69) is 17.2 Å². The maximum atomic E-state index is 10.8. The van der Waals surface area contributed by atoms with Crippen LogP contribution in [0.1, 0.15) is 36.7 Å². The number of rotatable bonds is 3. The van der Waals surface area contributed by atoms with Gasteiger partial charge in [0.05, 0.1) is 5.02 Å². The number of hydrogen-bond acceptors (Lipinski definition) is 3. The molecule has 0 spiro atoms. The second-order valence-electron chi connectivity index (χ2n) is 4.37. The van der Waals surface area contributed by atoms with Gasteiger partial charge < -0.3 is 10.4 Å². The van der Waals surface area contributed by atoms with Crippen LogP contribution < -0.4 is 5.32 Å². The number of nitrogens with one attached hydrogen (secondary N) is 1. The van der Waals surface area contributed by atoms with Gasteiger partial charge >= 0.3 is 5.97 Å². The summed E-state index contributed by atoms with van der Waals surface area (Å²) in [5, 5.41) is 12.3. The van der Waals surface area contributed by atoms with Gasteiger partial charge in [0.25, 0.3) is 0 Å². The number of carbonyl (C=O) groups is 1. The minimum Gasteiger partial charge on any atom is -0.476 e. The van der Waals surface area contributed by atoms with E-state index in [4.69, 9.17) is 16.7 Å². The maximum absolute atomic E-state index is 10.8. The Hall–Kier alpha value is -1.29. The fraction of sp³-hybridized carbons (Fsp3) is 0.455. The van der Waals surface area contributed by atoms with Gasteiger partial charge in [0, 0.05) is 5.54 Å². The molecule has 0 aromatic carbocycles. The molecule has 1 aromatic heterocycles. The van der Waals surface area contributed by atoms with Gasteiger partial charge in [0.2, 0.25) is 0 Å². The highest BCUT2D eigenvalue weighted by Gasteiger charge is 2.31. The molecule has 0 unspecified atom stereocenters. The molecule has 1 aliphatic rings. The molecule has 86 valence electrons. The predicted octanol–water partition coefficient (Wildman–Crippen LogP) is 2.79. The summed E-state index contributed by atoms with van der Waals surface area (Å²) in [6, 6.07) is 3.26. The molecule has 5 heteroatoms. The SMILES string of the molecule is CC1(Nc2ccc(Cl)c(C(=O)O)n2)CCC1. The number of nitrogens with zero attached hydrogens (tertiary/aromatic N) is 1. The monoisotopic (exact) mass is 240 g/mol. The number of hydrogen-bond donors (Lipinski definition) is 2. The van der Waals surface area contributed by atoms with Gasteiger partial charge in [-0.05, 0) is 38.3 Å². The van der Waals surface area contributed by atoms with E-state index < -0.39 is 5.97 Å². The minimum absolute atomic E-state index is 0.0522. The van der Waals surface area contributed by atoms with Crippen molar-refractivity contribution >= 4 is 23.4 Å². The zero-order valence-corrected chi connectivity index (χ0v) is 9.71. The molecule has 0 atom stereocenters. The first kappa shape index (κ1) is 11.2. The first-order valence-corrected chi connectivity index (χ1v) is 5.56. The zero-order chi connectivity index (χ0) is 11.8. The van der Waals surface area contributed by atoms with E-state index in [1.807, 2.05) is 0 Å². The largest absolute Gasteiger partial charge is 0.476 e. The molecular formula is C11H13ClN2O2. The van der Waals surface area contributed by atoms with E-state index >= 15 is 0 Å². The molecule has 0 radical (unpaired) electrons. The van der Waals surface area contributed by atoms with Crippen molar-refractivity contribution in [3.05, 3.63) is 22.8 Å². The maximum Gasteiger partial charge on any atom is 0.356 e. The summed E-state index contributed by atoms with van der Waals surface area (Å²) in [7, 11) is 0. The zero-order valence-electron chi connectivity index (χ0n) is 8.96. The second kappa shape index (κ2) is 3.94. The Morgan fingerprint density at radius 1 is 1.56 bits per heavy atom. The number of carboxylic acids is 1. The fourth-order valence-electron chi connectivity index (χ4n) is 1.80. The van der Waals surface area contributed by atoms with E-state index in [0.717, 1.165) is 12.8 Å². The molecule has 0 bridgehead atoms. The van der Waals surface area contributed by atoms with Crippen LogP contribution in [0.3, 0.4) is 0 Å². The van der Waals surface area contributed by atoms with Crippen LogP contribution in [0, 0.1) is 0 Å². The smallest absolute Gasteiger partial charge is 0.356 e. The Morgan fingerprint density at radius 2 is 2.25 bits per heavy atom. The topological polar surface area (TPSA) is 62.2 Å². The van der Waals surface area contributed by atoms with Crippen LogP contribution in [0.5, 0.6) is 0 Å². The Bertz CT molecular complexity index is 430. The number of aromatic carboxylic acids is 1. The molecule has 2 rings (SSSR count). The van der Waals surface area contributed by atoms with Gasteiger partial charge in [-0.25, -0.2) is 9.78 Å². The quantitative estimate of drug-likeness (QED) is 0.853. The first-order valence-electron chi connectivity index (χ1n) is 5.18. The molecule has 16 heavy (non-hydrogen) atoms. The number of halogens is 1. The Kier molecular flexibility index (Phi) is 2.76. The predicted molar refractivity (Wildman–Crippen MR) is 62.1 cm³/mol. The van der Waals surface area contributed by atoms with Gasteiger partial charge in [-0.3, -0.25) is 0 Å².